The third-order valence-electron chi connectivity index (χ3n) is 4.74. The van der Waals surface area contributed by atoms with Crippen molar-refractivity contribution in [2.45, 2.75) is 39.3 Å². The van der Waals surface area contributed by atoms with E-state index in [9.17, 15) is 4.79 Å². The van der Waals surface area contributed by atoms with E-state index in [1.807, 2.05) is 53.2 Å². The van der Waals surface area contributed by atoms with E-state index in [0.29, 0.717) is 13.1 Å². The Morgan fingerprint density at radius 3 is 2.68 bits per heavy atom. The highest BCUT2D eigenvalue weighted by molar-refractivity contribution is 6.07. The van der Waals surface area contributed by atoms with Gasteiger partial charge in [-0.25, -0.2) is 9.97 Å². The molecule has 2 aromatic heterocycles. The minimum atomic E-state index is -0.0951. The van der Waals surface area contributed by atoms with Gasteiger partial charge in [0.15, 0.2) is 0 Å². The van der Waals surface area contributed by atoms with Gasteiger partial charge in [0, 0.05) is 47.9 Å². The van der Waals surface area contributed by atoms with Crippen molar-refractivity contribution in [2.24, 2.45) is 7.05 Å². The zero-order valence-corrected chi connectivity index (χ0v) is 15.1. The van der Waals surface area contributed by atoms with Crippen LogP contribution in [0.25, 0.3) is 10.9 Å². The first-order valence-corrected chi connectivity index (χ1v) is 8.53. The molecule has 0 fully saturated rings. The first kappa shape index (κ1) is 15.8. The fourth-order valence-electron chi connectivity index (χ4n) is 3.34. The molecule has 1 aliphatic rings. The van der Waals surface area contributed by atoms with Crippen LogP contribution in [0.4, 0.5) is 0 Å². The summed E-state index contributed by atoms with van der Waals surface area (Å²) in [4.78, 5) is 24.1. The summed E-state index contributed by atoms with van der Waals surface area (Å²) in [6, 6.07) is 8.00. The average Bonchev–Trinajstić information content (AvgIpc) is 3.14. The van der Waals surface area contributed by atoms with Crippen LogP contribution in [-0.4, -0.2) is 25.3 Å². The summed E-state index contributed by atoms with van der Waals surface area (Å²) in [6.07, 6.45) is 3.79. The van der Waals surface area contributed by atoms with Crippen molar-refractivity contribution in [3.8, 4) is 0 Å². The number of carbonyl (C=O) groups is 1. The second kappa shape index (κ2) is 5.41. The molecule has 0 aliphatic carbocycles. The van der Waals surface area contributed by atoms with Crippen LogP contribution in [0.1, 0.15) is 48.2 Å². The standard InChI is InChI=1S/C20H22N4O/c1-20(2,3)19-21-9-13-10-24(12-16(13)22-19)18(25)15-11-23(4)17-8-6-5-7-14(15)17/h5-9,11H,10,12H2,1-4H3. The minimum Gasteiger partial charge on any atom is -0.350 e. The van der Waals surface area contributed by atoms with E-state index in [2.05, 4.69) is 25.8 Å². The van der Waals surface area contributed by atoms with Crippen molar-refractivity contribution in [1.29, 1.82) is 0 Å². The summed E-state index contributed by atoms with van der Waals surface area (Å²) in [7, 11) is 1.97. The van der Waals surface area contributed by atoms with Crippen molar-refractivity contribution in [3.05, 3.63) is 59.3 Å². The highest BCUT2D eigenvalue weighted by Crippen LogP contribution is 2.28. The molecule has 0 atom stereocenters. The maximum atomic E-state index is 13.1. The number of nitrogens with zero attached hydrogens (tertiary/aromatic N) is 4. The van der Waals surface area contributed by atoms with Crippen LogP contribution < -0.4 is 0 Å². The normalized spacial score (nSPS) is 14.2. The molecule has 3 heterocycles. The van der Waals surface area contributed by atoms with Gasteiger partial charge < -0.3 is 9.47 Å². The molecular formula is C20H22N4O. The van der Waals surface area contributed by atoms with Gasteiger partial charge in [-0.05, 0) is 6.07 Å². The van der Waals surface area contributed by atoms with Crippen molar-refractivity contribution in [3.63, 3.8) is 0 Å². The van der Waals surface area contributed by atoms with Gasteiger partial charge in [0.05, 0.1) is 17.8 Å². The maximum Gasteiger partial charge on any atom is 0.256 e. The Kier molecular flexibility index (Phi) is 3.42. The summed E-state index contributed by atoms with van der Waals surface area (Å²) >= 11 is 0. The predicted octanol–water partition coefficient (Wildman–Crippen LogP) is 3.42. The van der Waals surface area contributed by atoms with Gasteiger partial charge in [-0.1, -0.05) is 39.0 Å². The molecule has 1 aliphatic heterocycles. The van der Waals surface area contributed by atoms with Crippen LogP contribution in [-0.2, 0) is 25.6 Å². The van der Waals surface area contributed by atoms with E-state index < -0.39 is 0 Å². The molecule has 0 saturated heterocycles. The number of fused-ring (bicyclic) bond motifs is 2. The molecule has 4 rings (SSSR count). The van der Waals surface area contributed by atoms with Crippen LogP contribution in [0.2, 0.25) is 0 Å². The fourth-order valence-corrected chi connectivity index (χ4v) is 3.34. The topological polar surface area (TPSA) is 51.0 Å². The lowest BCUT2D eigenvalue weighted by Gasteiger charge is -2.16. The van der Waals surface area contributed by atoms with Crippen molar-refractivity contribution in [1.82, 2.24) is 19.4 Å². The number of benzene rings is 1. The second-order valence-electron chi connectivity index (χ2n) is 7.75. The number of carbonyl (C=O) groups excluding carboxylic acids is 1. The molecule has 0 radical (unpaired) electrons. The molecule has 5 heteroatoms. The highest BCUT2D eigenvalue weighted by atomic mass is 16.2. The Labute approximate surface area is 147 Å². The molecule has 25 heavy (non-hydrogen) atoms. The predicted molar refractivity (Wildman–Crippen MR) is 97.2 cm³/mol. The van der Waals surface area contributed by atoms with Crippen LogP contribution in [0.15, 0.2) is 36.7 Å². The average molecular weight is 334 g/mol. The summed E-state index contributed by atoms with van der Waals surface area (Å²) in [5, 5.41) is 0.993. The van der Waals surface area contributed by atoms with Crippen LogP contribution in [0.3, 0.4) is 0 Å². The molecule has 3 aromatic rings. The zero-order chi connectivity index (χ0) is 17.8. The molecule has 5 nitrogen and oxygen atoms in total. The largest absolute Gasteiger partial charge is 0.350 e. The molecule has 0 unspecified atom stereocenters. The van der Waals surface area contributed by atoms with Crippen molar-refractivity contribution < 1.29 is 4.79 Å². The van der Waals surface area contributed by atoms with Crippen LogP contribution in [0.5, 0.6) is 0 Å². The zero-order valence-electron chi connectivity index (χ0n) is 15.1. The van der Waals surface area contributed by atoms with Gasteiger partial charge in [0.2, 0.25) is 0 Å². The third kappa shape index (κ3) is 2.60. The number of aryl methyl sites for hydroxylation is 1. The first-order valence-electron chi connectivity index (χ1n) is 8.53. The summed E-state index contributed by atoms with van der Waals surface area (Å²) in [6.45, 7) is 7.42. The quantitative estimate of drug-likeness (QED) is 0.685. The Bertz CT molecular complexity index is 981. The van der Waals surface area contributed by atoms with E-state index >= 15 is 0 Å². The molecular weight excluding hydrogens is 312 g/mol. The fraction of sp³-hybridized carbons (Fsp3) is 0.350. The van der Waals surface area contributed by atoms with Gasteiger partial charge in [-0.15, -0.1) is 0 Å². The number of aromatic nitrogens is 3. The van der Waals surface area contributed by atoms with E-state index in [-0.39, 0.29) is 11.3 Å². The molecule has 1 amide bonds. The molecule has 0 saturated carbocycles. The van der Waals surface area contributed by atoms with Gasteiger partial charge in [-0.2, -0.15) is 0 Å². The lowest BCUT2D eigenvalue weighted by atomic mass is 9.95. The van der Waals surface area contributed by atoms with E-state index in [1.165, 1.54) is 0 Å². The third-order valence-corrected chi connectivity index (χ3v) is 4.74. The summed E-state index contributed by atoms with van der Waals surface area (Å²) < 4.78 is 2.00. The lowest BCUT2D eigenvalue weighted by molar-refractivity contribution is 0.0752. The molecule has 1 aromatic carbocycles. The highest BCUT2D eigenvalue weighted by Gasteiger charge is 2.29. The van der Waals surface area contributed by atoms with Crippen molar-refractivity contribution >= 4 is 16.8 Å². The Balaban J connectivity index is 1.66. The number of para-hydroxylation sites is 1. The Hall–Kier alpha value is -2.69. The summed E-state index contributed by atoms with van der Waals surface area (Å²) in [5.41, 5.74) is 3.73. The van der Waals surface area contributed by atoms with E-state index in [1.54, 1.807) is 0 Å². The number of hydrogen-bond acceptors (Lipinski definition) is 3. The minimum absolute atomic E-state index is 0.0482. The smallest absolute Gasteiger partial charge is 0.256 e. The van der Waals surface area contributed by atoms with Crippen LogP contribution in [0, 0.1) is 0 Å². The van der Waals surface area contributed by atoms with Gasteiger partial charge in [0.25, 0.3) is 5.91 Å². The molecule has 0 spiro atoms. The van der Waals surface area contributed by atoms with Gasteiger partial charge in [-0.3, -0.25) is 4.79 Å². The Morgan fingerprint density at radius 1 is 1.16 bits per heavy atom. The second-order valence-corrected chi connectivity index (χ2v) is 7.75. The van der Waals surface area contributed by atoms with Crippen LogP contribution >= 0.6 is 0 Å². The molecule has 0 N–H and O–H groups in total. The SMILES string of the molecule is Cn1cc(C(=O)N2Cc3cnc(C(C)(C)C)nc3C2)c2ccccc21. The number of hydrogen-bond donors (Lipinski definition) is 0. The van der Waals surface area contributed by atoms with Gasteiger partial charge >= 0.3 is 0 Å². The molecule has 128 valence electrons. The number of amides is 1. The molecule has 0 bridgehead atoms. The number of rotatable bonds is 1. The van der Waals surface area contributed by atoms with Crippen molar-refractivity contribution in [2.75, 3.05) is 0 Å². The lowest BCUT2D eigenvalue weighted by Crippen LogP contribution is -2.25. The van der Waals surface area contributed by atoms with E-state index in [0.717, 1.165) is 33.5 Å². The summed E-state index contributed by atoms with van der Waals surface area (Å²) in [5.74, 6) is 0.873. The maximum absolute atomic E-state index is 13.1. The van der Waals surface area contributed by atoms with E-state index in [4.69, 9.17) is 4.98 Å². The monoisotopic (exact) mass is 334 g/mol. The first-order chi connectivity index (χ1) is 11.8. The Morgan fingerprint density at radius 2 is 1.92 bits per heavy atom. The van der Waals surface area contributed by atoms with Gasteiger partial charge in [0.1, 0.15) is 5.82 Å².